The quantitative estimate of drug-likeness (QED) is 0.237. The summed E-state index contributed by atoms with van der Waals surface area (Å²) in [6.07, 6.45) is 4.53. The molecule has 234 valence electrons. The lowest BCUT2D eigenvalue weighted by atomic mass is 9.83. The summed E-state index contributed by atoms with van der Waals surface area (Å²) < 4.78 is 33.4. The topological polar surface area (TPSA) is 96.5 Å². The molecule has 7 nitrogen and oxygen atoms in total. The average molecular weight is 606 g/mol. The molecule has 0 aliphatic heterocycles. The molecule has 0 aromatic heterocycles. The maximum absolute atomic E-state index is 14.1. The summed E-state index contributed by atoms with van der Waals surface area (Å²) in [5.41, 5.74) is 3.76. The highest BCUT2D eigenvalue weighted by atomic mass is 19.2. The Bertz CT molecular complexity index is 1530. The number of carbonyl (C=O) groups excluding carboxylic acids is 3. The van der Waals surface area contributed by atoms with Crippen molar-refractivity contribution >= 4 is 29.3 Å². The SMILES string of the molecule is Cc1cc(C)c(NC(=O)Nc2cc(-c3ccc(F)c(F)c3)ccc2C(=O)N[C@H](C(=O)OC(C)(C)C)C2CCCCC2)c(C)c1. The molecule has 3 aromatic carbocycles. The van der Waals surface area contributed by atoms with E-state index in [9.17, 15) is 23.2 Å². The number of hydrogen-bond acceptors (Lipinski definition) is 4. The van der Waals surface area contributed by atoms with Gasteiger partial charge in [-0.2, -0.15) is 0 Å². The third-order valence-corrected chi connectivity index (χ3v) is 7.75. The lowest BCUT2D eigenvalue weighted by Gasteiger charge is -2.32. The summed E-state index contributed by atoms with van der Waals surface area (Å²) in [4.78, 5) is 40.4. The van der Waals surface area contributed by atoms with Gasteiger partial charge in [0.1, 0.15) is 11.6 Å². The van der Waals surface area contributed by atoms with Gasteiger partial charge in [0, 0.05) is 5.69 Å². The Kier molecular flexibility index (Phi) is 10.1. The lowest BCUT2D eigenvalue weighted by molar-refractivity contribution is -0.159. The van der Waals surface area contributed by atoms with Gasteiger partial charge in [-0.1, -0.05) is 49.1 Å². The number of hydrogen-bond donors (Lipinski definition) is 3. The fraction of sp³-hybridized carbons (Fsp3) is 0.400. The maximum Gasteiger partial charge on any atom is 0.329 e. The molecule has 0 bridgehead atoms. The van der Waals surface area contributed by atoms with Crippen LogP contribution in [0.4, 0.5) is 25.0 Å². The van der Waals surface area contributed by atoms with Gasteiger partial charge in [-0.3, -0.25) is 4.79 Å². The Morgan fingerprint density at radius 1 is 0.818 bits per heavy atom. The molecule has 44 heavy (non-hydrogen) atoms. The van der Waals surface area contributed by atoms with Gasteiger partial charge in [-0.05, 0) is 107 Å². The molecule has 0 unspecified atom stereocenters. The zero-order valence-corrected chi connectivity index (χ0v) is 26.2. The lowest BCUT2D eigenvalue weighted by Crippen LogP contribution is -2.49. The summed E-state index contributed by atoms with van der Waals surface area (Å²) >= 11 is 0. The van der Waals surface area contributed by atoms with Gasteiger partial charge in [0.25, 0.3) is 5.91 Å². The molecule has 1 saturated carbocycles. The Morgan fingerprint density at radius 3 is 2.05 bits per heavy atom. The van der Waals surface area contributed by atoms with Crippen molar-refractivity contribution in [3.63, 3.8) is 0 Å². The van der Waals surface area contributed by atoms with Gasteiger partial charge >= 0.3 is 12.0 Å². The van der Waals surface area contributed by atoms with E-state index in [1.807, 2.05) is 32.9 Å². The van der Waals surface area contributed by atoms with Crippen LogP contribution in [-0.2, 0) is 9.53 Å². The highest BCUT2D eigenvalue weighted by molar-refractivity contribution is 6.08. The minimum Gasteiger partial charge on any atom is -0.458 e. The third-order valence-electron chi connectivity index (χ3n) is 7.75. The first-order valence-electron chi connectivity index (χ1n) is 15.0. The fourth-order valence-electron chi connectivity index (χ4n) is 5.77. The molecular formula is C35H41F2N3O4. The smallest absolute Gasteiger partial charge is 0.329 e. The Balaban J connectivity index is 1.69. The van der Waals surface area contributed by atoms with Crippen LogP contribution >= 0.6 is 0 Å². The van der Waals surface area contributed by atoms with Gasteiger partial charge in [0.05, 0.1) is 11.3 Å². The van der Waals surface area contributed by atoms with Gasteiger partial charge < -0.3 is 20.7 Å². The van der Waals surface area contributed by atoms with Gasteiger partial charge in [-0.15, -0.1) is 0 Å². The maximum atomic E-state index is 14.1. The standard InChI is InChI=1S/C35H41F2N3O4/c1-20-16-21(2)30(22(3)17-20)40-34(43)38-29-19-25(24-13-15-27(36)28(37)18-24)12-14-26(29)32(41)39-31(23-10-8-7-9-11-23)33(42)44-35(4,5)6/h12-19,23,31H,7-11H2,1-6H3,(H,39,41)(H2,38,40,43)/t31-/m0/s1. The second-order valence-electron chi connectivity index (χ2n) is 12.6. The number of rotatable bonds is 7. The van der Waals surface area contributed by atoms with E-state index in [0.29, 0.717) is 16.8 Å². The molecule has 0 spiro atoms. The van der Waals surface area contributed by atoms with Gasteiger partial charge in [0.2, 0.25) is 0 Å². The Morgan fingerprint density at radius 2 is 1.43 bits per heavy atom. The summed E-state index contributed by atoms with van der Waals surface area (Å²) in [6, 6.07) is 10.5. The summed E-state index contributed by atoms with van der Waals surface area (Å²) in [7, 11) is 0. The van der Waals surface area contributed by atoms with E-state index in [4.69, 9.17) is 4.74 Å². The largest absolute Gasteiger partial charge is 0.458 e. The molecule has 1 aliphatic rings. The third kappa shape index (κ3) is 8.21. The normalized spacial score (nSPS) is 14.5. The number of nitrogens with one attached hydrogen (secondary N) is 3. The predicted octanol–water partition coefficient (Wildman–Crippen LogP) is 8.22. The minimum atomic E-state index is -1.02. The highest BCUT2D eigenvalue weighted by Gasteiger charge is 2.35. The number of carbonyl (C=O) groups is 3. The van der Waals surface area contributed by atoms with Crippen LogP contribution in [0, 0.1) is 38.3 Å². The van der Waals surface area contributed by atoms with Crippen LogP contribution in [0.5, 0.6) is 0 Å². The zero-order valence-electron chi connectivity index (χ0n) is 26.2. The number of anilines is 2. The van der Waals surface area contributed by atoms with E-state index >= 15 is 0 Å². The van der Waals surface area contributed by atoms with Crippen LogP contribution in [0.15, 0.2) is 48.5 Å². The van der Waals surface area contributed by atoms with Crippen molar-refractivity contribution in [2.24, 2.45) is 5.92 Å². The predicted molar refractivity (Wildman–Crippen MR) is 169 cm³/mol. The molecular weight excluding hydrogens is 564 g/mol. The molecule has 3 amide bonds. The fourth-order valence-corrected chi connectivity index (χ4v) is 5.77. The van der Waals surface area contributed by atoms with Gasteiger partial charge in [-0.25, -0.2) is 18.4 Å². The molecule has 9 heteroatoms. The Hall–Kier alpha value is -4.27. The van der Waals surface area contributed by atoms with E-state index in [0.717, 1.165) is 60.9 Å². The zero-order chi connectivity index (χ0) is 32.2. The highest BCUT2D eigenvalue weighted by Crippen LogP contribution is 2.31. The first-order chi connectivity index (χ1) is 20.7. The molecule has 1 aliphatic carbocycles. The Labute approximate surface area is 257 Å². The first kappa shape index (κ1) is 32.6. The van der Waals surface area contributed by atoms with Crippen molar-refractivity contribution in [3.05, 3.63) is 82.4 Å². The number of amides is 3. The van der Waals surface area contributed by atoms with E-state index in [2.05, 4.69) is 16.0 Å². The van der Waals surface area contributed by atoms with E-state index in [1.165, 1.54) is 18.2 Å². The molecule has 1 fully saturated rings. The van der Waals surface area contributed by atoms with Crippen molar-refractivity contribution in [1.82, 2.24) is 5.32 Å². The van der Waals surface area contributed by atoms with Crippen molar-refractivity contribution < 1.29 is 27.9 Å². The monoisotopic (exact) mass is 605 g/mol. The number of benzene rings is 3. The van der Waals surface area contributed by atoms with Crippen LogP contribution in [0.1, 0.15) is 79.9 Å². The number of halogens is 2. The molecule has 3 N–H and O–H groups in total. The molecule has 4 rings (SSSR count). The number of esters is 1. The summed E-state index contributed by atoms with van der Waals surface area (Å²) in [6.45, 7) is 11.1. The average Bonchev–Trinajstić information content (AvgIpc) is 2.94. The first-order valence-corrected chi connectivity index (χ1v) is 15.0. The van der Waals surface area contributed by atoms with Crippen LogP contribution in [0.2, 0.25) is 0 Å². The number of aryl methyl sites for hydroxylation is 3. The van der Waals surface area contributed by atoms with Gasteiger partial charge in [0.15, 0.2) is 11.6 Å². The minimum absolute atomic E-state index is 0.0868. The molecule has 0 saturated heterocycles. The van der Waals surface area contributed by atoms with Crippen molar-refractivity contribution in [2.45, 2.75) is 85.3 Å². The summed E-state index contributed by atoms with van der Waals surface area (Å²) in [5.74, 6) is -3.16. The van der Waals surface area contributed by atoms with Crippen molar-refractivity contribution in [1.29, 1.82) is 0 Å². The van der Waals surface area contributed by atoms with E-state index < -0.39 is 41.2 Å². The molecule has 1 atom stereocenters. The van der Waals surface area contributed by atoms with Crippen LogP contribution in [0.25, 0.3) is 11.1 Å². The van der Waals surface area contributed by atoms with Crippen molar-refractivity contribution in [2.75, 3.05) is 10.6 Å². The molecule has 0 heterocycles. The second-order valence-corrected chi connectivity index (χ2v) is 12.6. The second kappa shape index (κ2) is 13.6. The number of urea groups is 1. The van der Waals surface area contributed by atoms with Crippen LogP contribution in [-0.4, -0.2) is 29.6 Å². The number of ether oxygens (including phenoxy) is 1. The van der Waals surface area contributed by atoms with Crippen LogP contribution in [0.3, 0.4) is 0 Å². The van der Waals surface area contributed by atoms with Crippen molar-refractivity contribution in [3.8, 4) is 11.1 Å². The molecule has 3 aromatic rings. The van der Waals surface area contributed by atoms with E-state index in [1.54, 1.807) is 26.8 Å². The molecule has 0 radical (unpaired) electrons. The summed E-state index contributed by atoms with van der Waals surface area (Å²) in [5, 5.41) is 8.53. The van der Waals surface area contributed by atoms with E-state index in [-0.39, 0.29) is 17.2 Å². The van der Waals surface area contributed by atoms with Crippen LogP contribution < -0.4 is 16.0 Å².